The summed E-state index contributed by atoms with van der Waals surface area (Å²) >= 11 is 1.42. The zero-order valence-electron chi connectivity index (χ0n) is 15.7. The Morgan fingerprint density at radius 3 is 2.66 bits per heavy atom. The fraction of sp³-hybridized carbons (Fsp3) is 0.333. The number of aromatic nitrogens is 5. The Morgan fingerprint density at radius 2 is 1.93 bits per heavy atom. The Kier molecular flexibility index (Phi) is 5.21. The lowest BCUT2D eigenvalue weighted by Gasteiger charge is -2.34. The summed E-state index contributed by atoms with van der Waals surface area (Å²) in [5.41, 5.74) is 1.72. The van der Waals surface area contributed by atoms with Crippen molar-refractivity contribution in [2.45, 2.75) is 13.5 Å². The second-order valence-electron chi connectivity index (χ2n) is 6.64. The fourth-order valence-corrected chi connectivity index (χ4v) is 4.02. The zero-order valence-corrected chi connectivity index (χ0v) is 16.5. The second kappa shape index (κ2) is 7.95. The molecule has 10 nitrogen and oxygen atoms in total. The number of aliphatic carboxylic acids is 1. The quantitative estimate of drug-likeness (QED) is 0.662. The largest absolute Gasteiger partial charge is 0.480 e. The van der Waals surface area contributed by atoms with Gasteiger partial charge in [0.25, 0.3) is 5.91 Å². The summed E-state index contributed by atoms with van der Waals surface area (Å²) in [6, 6.07) is 7.62. The number of rotatable bonds is 5. The van der Waals surface area contributed by atoms with Crippen LogP contribution in [-0.4, -0.2) is 73.3 Å². The molecule has 3 heterocycles. The predicted octanol–water partition coefficient (Wildman–Crippen LogP) is 1.15. The van der Waals surface area contributed by atoms with E-state index in [-0.39, 0.29) is 12.5 Å². The molecule has 1 aromatic carbocycles. The molecule has 0 atom stereocenters. The van der Waals surface area contributed by atoms with Crippen molar-refractivity contribution in [3.8, 4) is 10.7 Å². The van der Waals surface area contributed by atoms with Gasteiger partial charge in [0, 0.05) is 31.7 Å². The van der Waals surface area contributed by atoms with Gasteiger partial charge in [-0.25, -0.2) is 4.98 Å². The van der Waals surface area contributed by atoms with Gasteiger partial charge in [0.2, 0.25) is 5.82 Å². The first-order valence-corrected chi connectivity index (χ1v) is 9.88. The third kappa shape index (κ3) is 4.09. The number of hydrogen-bond acceptors (Lipinski definition) is 8. The summed E-state index contributed by atoms with van der Waals surface area (Å²) in [5.74, 6) is -0.623. The van der Waals surface area contributed by atoms with Crippen LogP contribution < -0.4 is 4.90 Å². The van der Waals surface area contributed by atoms with Crippen LogP contribution in [0.3, 0.4) is 0 Å². The molecule has 11 heteroatoms. The topological polar surface area (TPSA) is 117 Å². The van der Waals surface area contributed by atoms with Crippen LogP contribution in [0.4, 0.5) is 5.13 Å². The Morgan fingerprint density at radius 1 is 1.17 bits per heavy atom. The average Bonchev–Trinajstić information content (AvgIpc) is 3.37. The normalized spacial score (nSPS) is 14.2. The number of carboxylic acids is 1. The summed E-state index contributed by atoms with van der Waals surface area (Å²) in [5, 5.41) is 21.3. The fourth-order valence-electron chi connectivity index (χ4n) is 3.13. The highest BCUT2D eigenvalue weighted by Gasteiger charge is 2.25. The van der Waals surface area contributed by atoms with Crippen LogP contribution in [0, 0.1) is 6.92 Å². The smallest absolute Gasteiger partial charge is 0.327 e. The number of amides is 1. The zero-order chi connectivity index (χ0) is 20.4. The van der Waals surface area contributed by atoms with E-state index in [1.54, 1.807) is 6.20 Å². The van der Waals surface area contributed by atoms with Crippen molar-refractivity contribution in [3.05, 3.63) is 41.6 Å². The van der Waals surface area contributed by atoms with Crippen molar-refractivity contribution >= 4 is 28.3 Å². The summed E-state index contributed by atoms with van der Waals surface area (Å²) in [6.45, 7) is 4.22. The monoisotopic (exact) mass is 413 g/mol. The molecular formula is C18H19N7O3S. The highest BCUT2D eigenvalue weighted by molar-refractivity contribution is 7.18. The molecule has 150 valence electrons. The van der Waals surface area contributed by atoms with Crippen LogP contribution in [0.1, 0.15) is 15.9 Å². The van der Waals surface area contributed by atoms with Gasteiger partial charge in [0.1, 0.15) is 0 Å². The average molecular weight is 413 g/mol. The lowest BCUT2D eigenvalue weighted by molar-refractivity contribution is -0.138. The molecule has 1 aliphatic heterocycles. The van der Waals surface area contributed by atoms with Gasteiger partial charge in [0.15, 0.2) is 11.7 Å². The number of anilines is 1. The minimum absolute atomic E-state index is 0.0572. The van der Waals surface area contributed by atoms with E-state index in [4.69, 9.17) is 5.11 Å². The molecule has 0 spiro atoms. The Balaban J connectivity index is 1.39. The molecular weight excluding hydrogens is 394 g/mol. The van der Waals surface area contributed by atoms with Crippen molar-refractivity contribution < 1.29 is 14.7 Å². The molecule has 1 amide bonds. The highest BCUT2D eigenvalue weighted by atomic mass is 32.1. The Hall–Kier alpha value is -3.34. The molecule has 1 saturated heterocycles. The summed E-state index contributed by atoms with van der Waals surface area (Å²) in [7, 11) is 0. The van der Waals surface area contributed by atoms with Crippen LogP contribution in [0.15, 0.2) is 30.5 Å². The first-order valence-electron chi connectivity index (χ1n) is 9.07. The standard InChI is InChI=1S/C18H19N7O3S/c1-12-4-2-3-5-13(12)17(28)23-6-8-24(9-7-23)18-19-10-14(29-18)16-20-22-25(21-16)11-15(26)27/h2-5,10H,6-9,11H2,1H3,(H,26,27). The van der Waals surface area contributed by atoms with Crippen molar-refractivity contribution in [3.63, 3.8) is 0 Å². The van der Waals surface area contributed by atoms with Gasteiger partial charge < -0.3 is 14.9 Å². The van der Waals surface area contributed by atoms with Gasteiger partial charge >= 0.3 is 5.97 Å². The summed E-state index contributed by atoms with van der Waals surface area (Å²) < 4.78 is 0. The van der Waals surface area contributed by atoms with Crippen molar-refractivity contribution in [2.24, 2.45) is 0 Å². The first kappa shape index (κ1) is 19.0. The van der Waals surface area contributed by atoms with Gasteiger partial charge in [-0.3, -0.25) is 9.59 Å². The lowest BCUT2D eigenvalue weighted by Crippen LogP contribution is -2.48. The van der Waals surface area contributed by atoms with Crippen LogP contribution in [-0.2, 0) is 11.3 Å². The SMILES string of the molecule is Cc1ccccc1C(=O)N1CCN(c2ncc(-c3nnn(CC(=O)O)n3)s2)CC1. The van der Waals surface area contributed by atoms with Crippen LogP contribution in [0.2, 0.25) is 0 Å². The van der Waals surface area contributed by atoms with Gasteiger partial charge in [-0.1, -0.05) is 29.5 Å². The van der Waals surface area contributed by atoms with Crippen LogP contribution in [0.25, 0.3) is 10.7 Å². The molecule has 1 N–H and O–H groups in total. The van der Waals surface area contributed by atoms with E-state index < -0.39 is 5.97 Å². The maximum absolute atomic E-state index is 12.8. The van der Waals surface area contributed by atoms with E-state index >= 15 is 0 Å². The van der Waals surface area contributed by atoms with Gasteiger partial charge in [-0.15, -0.1) is 10.2 Å². The number of tetrazole rings is 1. The number of aryl methyl sites for hydroxylation is 1. The van der Waals surface area contributed by atoms with Crippen molar-refractivity contribution in [1.29, 1.82) is 0 Å². The molecule has 0 bridgehead atoms. The number of benzene rings is 1. The molecule has 3 aromatic rings. The van der Waals surface area contributed by atoms with Gasteiger partial charge in [0.05, 0.1) is 11.1 Å². The van der Waals surface area contributed by atoms with Crippen molar-refractivity contribution in [1.82, 2.24) is 30.1 Å². The first-order chi connectivity index (χ1) is 14.0. The van der Waals surface area contributed by atoms with E-state index in [2.05, 4.69) is 25.3 Å². The van der Waals surface area contributed by atoms with E-state index in [1.807, 2.05) is 36.1 Å². The number of nitrogens with zero attached hydrogens (tertiary/aromatic N) is 7. The number of piperazine rings is 1. The molecule has 0 unspecified atom stereocenters. The summed E-state index contributed by atoms with van der Waals surface area (Å²) in [4.78, 5) is 33.7. The van der Waals surface area contributed by atoms with Crippen LogP contribution in [0.5, 0.6) is 0 Å². The van der Waals surface area contributed by atoms with E-state index in [0.717, 1.165) is 25.9 Å². The minimum atomic E-state index is -1.03. The number of hydrogen-bond donors (Lipinski definition) is 1. The van der Waals surface area contributed by atoms with Gasteiger partial charge in [-0.05, 0) is 23.8 Å². The molecule has 2 aromatic heterocycles. The molecule has 0 radical (unpaired) electrons. The highest BCUT2D eigenvalue weighted by Crippen LogP contribution is 2.29. The van der Waals surface area contributed by atoms with Gasteiger partial charge in [-0.2, -0.15) is 4.80 Å². The number of carbonyl (C=O) groups excluding carboxylic acids is 1. The second-order valence-corrected chi connectivity index (χ2v) is 7.65. The minimum Gasteiger partial charge on any atom is -0.480 e. The maximum Gasteiger partial charge on any atom is 0.327 e. The predicted molar refractivity (Wildman–Crippen MR) is 106 cm³/mol. The molecule has 0 aliphatic carbocycles. The van der Waals surface area contributed by atoms with E-state index in [0.29, 0.717) is 32.0 Å². The van der Waals surface area contributed by atoms with E-state index in [1.165, 1.54) is 11.3 Å². The maximum atomic E-state index is 12.8. The van der Waals surface area contributed by atoms with Crippen molar-refractivity contribution in [2.75, 3.05) is 31.1 Å². The third-order valence-electron chi connectivity index (χ3n) is 4.66. The number of carbonyl (C=O) groups is 2. The molecule has 4 rings (SSSR count). The van der Waals surface area contributed by atoms with Crippen LogP contribution >= 0.6 is 11.3 Å². The number of thiazole rings is 1. The Labute approximate surface area is 170 Å². The molecule has 0 saturated carbocycles. The molecule has 1 fully saturated rings. The lowest BCUT2D eigenvalue weighted by atomic mass is 10.1. The number of carboxylic acid groups (broad SMARTS) is 1. The summed E-state index contributed by atoms with van der Waals surface area (Å²) in [6.07, 6.45) is 1.66. The Bertz CT molecular complexity index is 1040. The third-order valence-corrected chi connectivity index (χ3v) is 5.71. The van der Waals surface area contributed by atoms with E-state index in [9.17, 15) is 9.59 Å². The molecule has 29 heavy (non-hydrogen) atoms. The molecule has 1 aliphatic rings.